The number of alkyl halides is 3. The highest BCUT2D eigenvalue weighted by Crippen LogP contribution is 2.36. The van der Waals surface area contributed by atoms with Gasteiger partial charge in [-0.2, -0.15) is 18.3 Å². The lowest BCUT2D eigenvalue weighted by Gasteiger charge is -2.34. The maximum absolute atomic E-state index is 14.1. The van der Waals surface area contributed by atoms with E-state index in [9.17, 15) is 27.6 Å². The molecular formula is C29H25BrClF3N6O3. The number of carbonyl (C=O) groups excluding carboxylic acids is 2. The lowest BCUT2D eigenvalue weighted by molar-refractivity contribution is -0.138. The van der Waals surface area contributed by atoms with Gasteiger partial charge in [-0.3, -0.25) is 14.4 Å². The van der Waals surface area contributed by atoms with Crippen molar-refractivity contribution in [1.82, 2.24) is 29.5 Å². The van der Waals surface area contributed by atoms with E-state index < -0.39 is 35.2 Å². The molecule has 0 fully saturated rings. The summed E-state index contributed by atoms with van der Waals surface area (Å²) in [5, 5.41) is 7.14. The molecule has 43 heavy (non-hydrogen) atoms. The summed E-state index contributed by atoms with van der Waals surface area (Å²) in [6.07, 6.45) is -4.55. The largest absolute Gasteiger partial charge is 0.417 e. The first-order chi connectivity index (χ1) is 20.2. The number of nitrogens with zero attached hydrogens (tertiary/aromatic N) is 5. The molecule has 14 heteroatoms. The Morgan fingerprint density at radius 2 is 1.84 bits per heavy atom. The van der Waals surface area contributed by atoms with Crippen molar-refractivity contribution >= 4 is 39.3 Å². The molecular weight excluding hydrogens is 653 g/mol. The zero-order valence-electron chi connectivity index (χ0n) is 23.4. The lowest BCUT2D eigenvalue weighted by atomic mass is 9.98. The van der Waals surface area contributed by atoms with Crippen LogP contribution in [0.5, 0.6) is 0 Å². The summed E-state index contributed by atoms with van der Waals surface area (Å²) < 4.78 is 43.3. The van der Waals surface area contributed by atoms with Crippen molar-refractivity contribution in [3.8, 4) is 11.6 Å². The molecule has 0 unspecified atom stereocenters. The van der Waals surface area contributed by atoms with Crippen LogP contribution in [0.2, 0.25) is 5.02 Å². The third kappa shape index (κ3) is 5.58. The van der Waals surface area contributed by atoms with E-state index in [1.54, 1.807) is 32.9 Å². The second kappa shape index (κ2) is 11.3. The first kappa shape index (κ1) is 30.5. The summed E-state index contributed by atoms with van der Waals surface area (Å²) in [5.74, 6) is -0.882. The Labute approximate surface area is 257 Å². The summed E-state index contributed by atoms with van der Waals surface area (Å²) in [7, 11) is 1.48. The van der Waals surface area contributed by atoms with Gasteiger partial charge in [-0.25, -0.2) is 14.2 Å². The zero-order chi connectivity index (χ0) is 31.4. The van der Waals surface area contributed by atoms with Gasteiger partial charge >= 0.3 is 6.18 Å². The van der Waals surface area contributed by atoms with Crippen molar-refractivity contribution in [3.05, 3.63) is 102 Å². The summed E-state index contributed by atoms with van der Waals surface area (Å²) in [4.78, 5) is 46.0. The van der Waals surface area contributed by atoms with Crippen LogP contribution in [-0.2, 0) is 19.1 Å². The fourth-order valence-corrected chi connectivity index (χ4v) is 5.86. The van der Waals surface area contributed by atoms with Crippen molar-refractivity contribution in [1.29, 1.82) is 0 Å². The lowest BCUT2D eigenvalue weighted by Crippen LogP contribution is -2.46. The SMILES string of the molecule is CNC(=O)c1ccc(-n2c(-n3nc(C)cc3C)nc3c(c2=O)C[C@@H](C)N(C(=O)c2ccc(Br)c(C(F)(F)F)c2)C3)cc1Cl. The van der Waals surface area contributed by atoms with E-state index >= 15 is 0 Å². The Bertz CT molecular complexity index is 1850. The third-order valence-electron chi connectivity index (χ3n) is 7.26. The van der Waals surface area contributed by atoms with Crippen molar-refractivity contribution in [2.24, 2.45) is 0 Å². The monoisotopic (exact) mass is 676 g/mol. The van der Waals surface area contributed by atoms with Crippen molar-refractivity contribution in [2.45, 2.75) is 46.0 Å². The predicted molar refractivity (Wildman–Crippen MR) is 157 cm³/mol. The molecule has 1 atom stereocenters. The minimum absolute atomic E-state index is 0.106. The van der Waals surface area contributed by atoms with Crippen molar-refractivity contribution in [3.63, 3.8) is 0 Å². The van der Waals surface area contributed by atoms with Gasteiger partial charge in [0.15, 0.2) is 0 Å². The molecule has 0 spiro atoms. The van der Waals surface area contributed by atoms with Gasteiger partial charge in [-0.05, 0) is 69.7 Å². The number of hydrogen-bond donors (Lipinski definition) is 1. The molecule has 224 valence electrons. The quantitative estimate of drug-likeness (QED) is 0.311. The zero-order valence-corrected chi connectivity index (χ0v) is 25.7. The molecule has 1 N–H and O–H groups in total. The van der Waals surface area contributed by atoms with Crippen LogP contribution in [0.1, 0.15) is 55.8 Å². The Morgan fingerprint density at radius 1 is 1.12 bits per heavy atom. The van der Waals surface area contributed by atoms with E-state index in [2.05, 4.69) is 26.3 Å². The molecule has 0 saturated heterocycles. The van der Waals surface area contributed by atoms with Crippen LogP contribution in [0.4, 0.5) is 13.2 Å². The van der Waals surface area contributed by atoms with Crippen LogP contribution in [-0.4, -0.2) is 49.1 Å². The van der Waals surface area contributed by atoms with Crippen LogP contribution in [0.3, 0.4) is 0 Å². The van der Waals surface area contributed by atoms with E-state index in [-0.39, 0.29) is 39.5 Å². The van der Waals surface area contributed by atoms with E-state index in [4.69, 9.17) is 16.6 Å². The third-order valence-corrected chi connectivity index (χ3v) is 8.26. The number of fused-ring (bicyclic) bond motifs is 1. The Morgan fingerprint density at radius 3 is 2.44 bits per heavy atom. The van der Waals surface area contributed by atoms with E-state index in [1.165, 1.54) is 45.5 Å². The second-order valence-corrected chi connectivity index (χ2v) is 11.5. The van der Waals surface area contributed by atoms with Gasteiger partial charge in [0.2, 0.25) is 5.95 Å². The number of amides is 2. The highest BCUT2D eigenvalue weighted by molar-refractivity contribution is 9.10. The molecule has 2 aromatic carbocycles. The van der Waals surface area contributed by atoms with Crippen LogP contribution >= 0.6 is 27.5 Å². The Balaban J connectivity index is 1.64. The Kier molecular flexibility index (Phi) is 7.99. The molecule has 2 amide bonds. The first-order valence-corrected chi connectivity index (χ1v) is 14.3. The number of carbonyl (C=O) groups is 2. The fraction of sp³-hybridized carbons (Fsp3) is 0.276. The number of aryl methyl sites for hydroxylation is 2. The van der Waals surface area contributed by atoms with Gasteiger partial charge in [0.25, 0.3) is 17.4 Å². The molecule has 1 aliphatic heterocycles. The number of aromatic nitrogens is 4. The number of hydrogen-bond acceptors (Lipinski definition) is 5. The average molecular weight is 678 g/mol. The first-order valence-electron chi connectivity index (χ1n) is 13.1. The molecule has 0 aliphatic carbocycles. The van der Waals surface area contributed by atoms with E-state index in [0.717, 1.165) is 6.07 Å². The van der Waals surface area contributed by atoms with Gasteiger partial charge in [0.05, 0.1) is 39.8 Å². The number of rotatable bonds is 4. The molecule has 5 rings (SSSR count). The fourth-order valence-electron chi connectivity index (χ4n) is 5.13. The van der Waals surface area contributed by atoms with Gasteiger partial charge in [0.1, 0.15) is 0 Å². The van der Waals surface area contributed by atoms with E-state index in [1.807, 2.05) is 0 Å². The van der Waals surface area contributed by atoms with Crippen LogP contribution in [0, 0.1) is 13.8 Å². The standard InChI is InChI=1S/C29H25BrClF3N6O3/c1-14-9-16(3)40(37-14)28-36-24-13-38(26(42)17-5-8-22(30)21(11-17)29(32,33)34)15(2)10-20(24)27(43)39(28)18-6-7-19(23(31)12-18)25(41)35-4/h5-9,11-12,15H,10,13H2,1-4H3,(H,35,41)/t15-/m1/s1. The van der Waals surface area contributed by atoms with Crippen molar-refractivity contribution in [2.75, 3.05) is 7.05 Å². The minimum Gasteiger partial charge on any atom is -0.355 e. The molecule has 4 aromatic rings. The average Bonchev–Trinajstić information content (AvgIpc) is 3.29. The molecule has 9 nitrogen and oxygen atoms in total. The molecule has 2 aromatic heterocycles. The molecule has 0 radical (unpaired) electrons. The maximum atomic E-state index is 14.1. The second-order valence-electron chi connectivity index (χ2n) is 10.2. The van der Waals surface area contributed by atoms with Crippen molar-refractivity contribution < 1.29 is 22.8 Å². The normalized spacial score (nSPS) is 14.9. The van der Waals surface area contributed by atoms with Crippen LogP contribution in [0.25, 0.3) is 11.6 Å². The van der Waals surface area contributed by atoms with Gasteiger partial charge in [-0.1, -0.05) is 27.5 Å². The Hall–Kier alpha value is -3.97. The number of nitrogens with one attached hydrogen (secondary N) is 1. The molecule has 3 heterocycles. The van der Waals surface area contributed by atoms with E-state index in [0.29, 0.717) is 28.3 Å². The predicted octanol–water partition coefficient (Wildman–Crippen LogP) is 5.42. The highest BCUT2D eigenvalue weighted by atomic mass is 79.9. The van der Waals surface area contributed by atoms with Crippen LogP contribution < -0.4 is 10.9 Å². The topological polar surface area (TPSA) is 102 Å². The number of benzene rings is 2. The van der Waals surface area contributed by atoms with Gasteiger partial charge < -0.3 is 10.2 Å². The molecule has 0 saturated carbocycles. The summed E-state index contributed by atoms with van der Waals surface area (Å²) in [5.41, 5.74) is 1.06. The molecule has 1 aliphatic rings. The number of halogens is 5. The summed E-state index contributed by atoms with van der Waals surface area (Å²) in [6.45, 7) is 5.19. The summed E-state index contributed by atoms with van der Waals surface area (Å²) in [6, 6.07) is 9.18. The summed E-state index contributed by atoms with van der Waals surface area (Å²) >= 11 is 9.34. The van der Waals surface area contributed by atoms with Gasteiger partial charge in [-0.15, -0.1) is 0 Å². The van der Waals surface area contributed by atoms with Crippen LogP contribution in [0.15, 0.2) is 51.7 Å². The minimum atomic E-state index is -4.65. The molecule has 0 bridgehead atoms. The van der Waals surface area contributed by atoms with Gasteiger partial charge in [0, 0.05) is 34.4 Å². The maximum Gasteiger partial charge on any atom is 0.417 e. The highest BCUT2D eigenvalue weighted by Gasteiger charge is 2.36. The smallest absolute Gasteiger partial charge is 0.355 e.